The van der Waals surface area contributed by atoms with Gasteiger partial charge in [-0.15, -0.1) is 11.3 Å². The molecule has 6 nitrogen and oxygen atoms in total. The van der Waals surface area contributed by atoms with Crippen LogP contribution in [0.5, 0.6) is 0 Å². The molecule has 0 unspecified atom stereocenters. The Hall–Kier alpha value is -1.81. The number of amides is 1. The maximum absolute atomic E-state index is 12.2. The summed E-state index contributed by atoms with van der Waals surface area (Å²) in [6.07, 6.45) is 0. The minimum absolute atomic E-state index is 0.184. The number of nitrogens with zero attached hydrogens (tertiary/aromatic N) is 1. The van der Waals surface area contributed by atoms with Crippen LogP contribution in [-0.4, -0.2) is 25.4 Å². The summed E-state index contributed by atoms with van der Waals surface area (Å²) in [4.78, 5) is 17.2. The predicted octanol–water partition coefficient (Wildman–Crippen LogP) is 3.30. The topological polar surface area (TPSA) is 88.2 Å². The lowest BCUT2D eigenvalue weighted by Gasteiger charge is -2.09. The molecular formula is C15H15N3O3S3. The average Bonchev–Trinajstić information content (AvgIpc) is 3.14. The molecule has 0 aliphatic carbocycles. The molecule has 24 heavy (non-hydrogen) atoms. The molecule has 0 aliphatic rings. The van der Waals surface area contributed by atoms with Crippen LogP contribution in [0.4, 0.5) is 5.13 Å². The van der Waals surface area contributed by atoms with Gasteiger partial charge in [-0.05, 0) is 43.5 Å². The molecule has 126 valence electrons. The summed E-state index contributed by atoms with van der Waals surface area (Å²) in [5.74, 6) is -0.224. The van der Waals surface area contributed by atoms with Gasteiger partial charge in [0.1, 0.15) is 0 Å². The minimum atomic E-state index is -3.56. The van der Waals surface area contributed by atoms with Gasteiger partial charge in [-0.1, -0.05) is 17.4 Å². The van der Waals surface area contributed by atoms with Gasteiger partial charge in [0.15, 0.2) is 5.13 Å². The smallest absolute Gasteiger partial charge is 0.267 e. The Morgan fingerprint density at radius 1 is 1.25 bits per heavy atom. The summed E-state index contributed by atoms with van der Waals surface area (Å²) < 4.78 is 27.7. The van der Waals surface area contributed by atoms with Crippen molar-refractivity contribution in [1.82, 2.24) is 9.71 Å². The summed E-state index contributed by atoms with van der Waals surface area (Å²) in [6, 6.07) is 8.07. The second-order valence-corrected chi connectivity index (χ2v) is 9.05. The second-order valence-electron chi connectivity index (χ2n) is 5.36. The van der Waals surface area contributed by atoms with Crippen molar-refractivity contribution in [3.63, 3.8) is 0 Å². The number of thiophene rings is 1. The molecule has 0 saturated carbocycles. The Balaban J connectivity index is 1.88. The van der Waals surface area contributed by atoms with Gasteiger partial charge in [0.25, 0.3) is 5.91 Å². The van der Waals surface area contributed by atoms with Gasteiger partial charge in [-0.2, -0.15) is 0 Å². The third-order valence-corrected chi connectivity index (χ3v) is 6.48. The van der Waals surface area contributed by atoms with Crippen LogP contribution in [0.3, 0.4) is 0 Å². The monoisotopic (exact) mass is 381 g/mol. The normalized spacial score (nSPS) is 12.0. The van der Waals surface area contributed by atoms with E-state index < -0.39 is 10.0 Å². The molecule has 3 aromatic rings. The van der Waals surface area contributed by atoms with Crippen molar-refractivity contribution in [2.75, 3.05) is 5.32 Å². The van der Waals surface area contributed by atoms with Crippen molar-refractivity contribution in [2.24, 2.45) is 0 Å². The molecule has 0 saturated heterocycles. The van der Waals surface area contributed by atoms with E-state index in [1.165, 1.54) is 28.7 Å². The molecule has 0 atom stereocenters. The molecule has 9 heteroatoms. The zero-order valence-electron chi connectivity index (χ0n) is 12.9. The van der Waals surface area contributed by atoms with Gasteiger partial charge in [-0.25, -0.2) is 18.1 Å². The molecular weight excluding hydrogens is 366 g/mol. The summed E-state index contributed by atoms with van der Waals surface area (Å²) in [5.41, 5.74) is 0.643. The average molecular weight is 382 g/mol. The molecule has 0 radical (unpaired) electrons. The lowest BCUT2D eigenvalue weighted by atomic mass is 10.3. The van der Waals surface area contributed by atoms with Gasteiger partial charge in [0, 0.05) is 6.04 Å². The van der Waals surface area contributed by atoms with Gasteiger partial charge >= 0.3 is 0 Å². The van der Waals surface area contributed by atoms with Crippen LogP contribution in [0, 0.1) is 0 Å². The predicted molar refractivity (Wildman–Crippen MR) is 97.3 cm³/mol. The number of nitrogens with one attached hydrogen (secondary N) is 2. The van der Waals surface area contributed by atoms with Crippen molar-refractivity contribution >= 4 is 54.0 Å². The molecule has 0 fully saturated rings. The summed E-state index contributed by atoms with van der Waals surface area (Å²) in [5, 5.41) is 5.00. The van der Waals surface area contributed by atoms with E-state index in [2.05, 4.69) is 15.0 Å². The van der Waals surface area contributed by atoms with E-state index in [-0.39, 0.29) is 16.8 Å². The highest BCUT2D eigenvalue weighted by molar-refractivity contribution is 7.89. The van der Waals surface area contributed by atoms with Crippen molar-refractivity contribution in [3.05, 3.63) is 40.6 Å². The number of rotatable bonds is 5. The second kappa shape index (κ2) is 6.60. The van der Waals surface area contributed by atoms with Crippen molar-refractivity contribution in [3.8, 4) is 0 Å². The maximum Gasteiger partial charge on any atom is 0.267 e. The van der Waals surface area contributed by atoms with Crippen LogP contribution in [0.2, 0.25) is 0 Å². The van der Waals surface area contributed by atoms with Gasteiger partial charge in [-0.3, -0.25) is 10.1 Å². The Morgan fingerprint density at radius 2 is 2.04 bits per heavy atom. The first kappa shape index (κ1) is 17.0. The zero-order valence-corrected chi connectivity index (χ0v) is 15.4. The van der Waals surface area contributed by atoms with Crippen LogP contribution in [0.15, 0.2) is 40.6 Å². The molecule has 2 aromatic heterocycles. The van der Waals surface area contributed by atoms with E-state index in [9.17, 15) is 13.2 Å². The Morgan fingerprint density at radius 3 is 2.71 bits per heavy atom. The molecule has 3 rings (SSSR count). The molecule has 2 heterocycles. The summed E-state index contributed by atoms with van der Waals surface area (Å²) >= 11 is 2.59. The lowest BCUT2D eigenvalue weighted by molar-refractivity contribution is 0.103. The fourth-order valence-electron chi connectivity index (χ4n) is 2.07. The third kappa shape index (κ3) is 3.64. The first-order valence-corrected chi connectivity index (χ1v) is 10.3. The third-order valence-electron chi connectivity index (χ3n) is 3.03. The number of hydrogen-bond acceptors (Lipinski definition) is 6. The van der Waals surface area contributed by atoms with E-state index in [0.29, 0.717) is 20.2 Å². The molecule has 0 spiro atoms. The van der Waals surface area contributed by atoms with Crippen LogP contribution in [0.25, 0.3) is 10.2 Å². The maximum atomic E-state index is 12.2. The van der Waals surface area contributed by atoms with Crippen LogP contribution in [-0.2, 0) is 10.0 Å². The Bertz CT molecular complexity index is 976. The number of benzene rings is 1. The Labute approximate surface area is 147 Å². The van der Waals surface area contributed by atoms with Gasteiger partial charge in [0.2, 0.25) is 10.0 Å². The number of sulfonamides is 1. The van der Waals surface area contributed by atoms with Crippen molar-refractivity contribution < 1.29 is 13.2 Å². The highest BCUT2D eigenvalue weighted by Crippen LogP contribution is 2.28. The van der Waals surface area contributed by atoms with Gasteiger partial charge in [0.05, 0.1) is 20.0 Å². The number of aromatic nitrogens is 1. The van der Waals surface area contributed by atoms with E-state index in [1.54, 1.807) is 38.1 Å². The largest absolute Gasteiger partial charge is 0.297 e. The van der Waals surface area contributed by atoms with Crippen LogP contribution in [0.1, 0.15) is 23.5 Å². The minimum Gasteiger partial charge on any atom is -0.297 e. The highest BCUT2D eigenvalue weighted by Gasteiger charge is 2.17. The van der Waals surface area contributed by atoms with Crippen LogP contribution < -0.4 is 10.0 Å². The van der Waals surface area contributed by atoms with E-state index in [0.717, 1.165) is 0 Å². The SMILES string of the molecule is CC(C)NS(=O)(=O)c1ccc2nc(NC(=O)c3cccs3)sc2c1. The summed E-state index contributed by atoms with van der Waals surface area (Å²) in [6.45, 7) is 3.53. The van der Waals surface area contributed by atoms with Gasteiger partial charge < -0.3 is 0 Å². The molecule has 0 bridgehead atoms. The number of thiazole rings is 1. The van der Waals surface area contributed by atoms with E-state index in [1.807, 2.05) is 5.38 Å². The molecule has 1 aromatic carbocycles. The first-order valence-electron chi connectivity index (χ1n) is 7.13. The lowest BCUT2D eigenvalue weighted by Crippen LogP contribution is -2.30. The number of carbonyl (C=O) groups is 1. The Kier molecular flexibility index (Phi) is 4.68. The molecule has 0 aliphatic heterocycles. The first-order chi connectivity index (χ1) is 11.3. The zero-order chi connectivity index (χ0) is 17.3. The van der Waals surface area contributed by atoms with Crippen molar-refractivity contribution in [2.45, 2.75) is 24.8 Å². The summed E-state index contributed by atoms with van der Waals surface area (Å²) in [7, 11) is -3.56. The number of hydrogen-bond donors (Lipinski definition) is 2. The highest BCUT2D eigenvalue weighted by atomic mass is 32.2. The van der Waals surface area contributed by atoms with Crippen molar-refractivity contribution in [1.29, 1.82) is 0 Å². The van der Waals surface area contributed by atoms with E-state index >= 15 is 0 Å². The number of fused-ring (bicyclic) bond motifs is 1. The number of carbonyl (C=O) groups excluding carboxylic acids is 1. The fraction of sp³-hybridized carbons (Fsp3) is 0.200. The number of anilines is 1. The van der Waals surface area contributed by atoms with E-state index in [4.69, 9.17) is 0 Å². The van der Waals surface area contributed by atoms with Crippen LogP contribution >= 0.6 is 22.7 Å². The quantitative estimate of drug-likeness (QED) is 0.710. The standard InChI is InChI=1S/C15H15N3O3S3/c1-9(2)18-24(20,21)10-5-6-11-13(8-10)23-15(16-11)17-14(19)12-4-3-7-22-12/h3-9,18H,1-2H3,(H,16,17,19). The fourth-order valence-corrected chi connectivity index (χ4v) is 4.94. The molecule has 2 N–H and O–H groups in total. The molecule has 1 amide bonds.